The van der Waals surface area contributed by atoms with Gasteiger partial charge < -0.3 is 15.2 Å². The number of hydrazone groups is 1. The number of nitrogens with zero attached hydrogens (tertiary/aromatic N) is 1. The molecule has 114 valence electrons. The average Bonchev–Trinajstić information content (AvgIpc) is 2.49. The summed E-state index contributed by atoms with van der Waals surface area (Å²) in [6, 6.07) is 12.3. The van der Waals surface area contributed by atoms with Gasteiger partial charge in [-0.25, -0.2) is 0 Å². The van der Waals surface area contributed by atoms with Crippen molar-refractivity contribution in [1.82, 2.24) is 5.43 Å². The predicted octanol–water partition coefficient (Wildman–Crippen LogP) is 3.37. The van der Waals surface area contributed by atoms with Crippen LogP contribution in [-0.4, -0.2) is 23.5 Å². The highest BCUT2D eigenvalue weighted by Crippen LogP contribution is 2.27. The Balaban J connectivity index is 1.96. The lowest BCUT2D eigenvalue weighted by Gasteiger charge is -2.07. The molecule has 0 bridgehead atoms. The molecule has 22 heavy (non-hydrogen) atoms. The lowest BCUT2D eigenvalue weighted by molar-refractivity contribution is 0.373. The van der Waals surface area contributed by atoms with Crippen molar-refractivity contribution in [2.45, 2.75) is 0 Å². The highest BCUT2D eigenvalue weighted by Gasteiger charge is 2.04. The van der Waals surface area contributed by atoms with E-state index in [2.05, 4.69) is 15.8 Å². The number of aromatic hydroxyl groups is 1. The van der Waals surface area contributed by atoms with Crippen LogP contribution in [0.2, 0.25) is 5.02 Å². The second-order valence-electron chi connectivity index (χ2n) is 4.23. The largest absolute Gasteiger partial charge is 0.504 e. The number of anilines is 1. The first-order valence-corrected chi connectivity index (χ1v) is 7.10. The maximum Gasteiger partial charge on any atom is 0.191 e. The van der Waals surface area contributed by atoms with Crippen molar-refractivity contribution >= 4 is 40.8 Å². The van der Waals surface area contributed by atoms with Gasteiger partial charge in [-0.15, -0.1) is 0 Å². The molecule has 2 rings (SSSR count). The van der Waals surface area contributed by atoms with E-state index in [1.807, 2.05) is 12.1 Å². The van der Waals surface area contributed by atoms with Crippen LogP contribution >= 0.6 is 23.8 Å². The van der Waals surface area contributed by atoms with Crippen LogP contribution in [0.15, 0.2) is 47.6 Å². The average molecular weight is 336 g/mol. The van der Waals surface area contributed by atoms with Crippen molar-refractivity contribution in [3.63, 3.8) is 0 Å². The summed E-state index contributed by atoms with van der Waals surface area (Å²) >= 11 is 11.0. The number of phenolic OH excluding ortho intramolecular Hbond substituents is 1. The van der Waals surface area contributed by atoms with E-state index in [0.717, 1.165) is 5.69 Å². The molecule has 0 saturated heterocycles. The van der Waals surface area contributed by atoms with Crippen molar-refractivity contribution in [2.24, 2.45) is 5.10 Å². The molecule has 0 heterocycles. The molecule has 2 aromatic rings. The number of phenols is 1. The summed E-state index contributed by atoms with van der Waals surface area (Å²) in [5.74, 6) is 0.396. The van der Waals surface area contributed by atoms with Crippen LogP contribution in [0.1, 0.15) is 5.56 Å². The summed E-state index contributed by atoms with van der Waals surface area (Å²) < 4.78 is 5.02. The second kappa shape index (κ2) is 7.63. The minimum atomic E-state index is 0.0178. The molecule has 3 N–H and O–H groups in total. The molecule has 0 fully saturated rings. The summed E-state index contributed by atoms with van der Waals surface area (Å²) in [5.41, 5.74) is 3.92. The molecule has 0 atom stereocenters. The number of methoxy groups -OCH3 is 1. The van der Waals surface area contributed by atoms with E-state index in [1.165, 1.54) is 13.3 Å². The summed E-state index contributed by atoms with van der Waals surface area (Å²) in [5, 5.41) is 17.7. The van der Waals surface area contributed by atoms with E-state index in [0.29, 0.717) is 21.4 Å². The number of thiocarbonyl (C=S) groups is 1. The molecule has 5 nitrogen and oxygen atoms in total. The smallest absolute Gasteiger partial charge is 0.191 e. The third-order valence-electron chi connectivity index (χ3n) is 2.70. The molecule has 0 aromatic heterocycles. The highest BCUT2D eigenvalue weighted by atomic mass is 35.5. The van der Waals surface area contributed by atoms with E-state index in [1.54, 1.807) is 30.3 Å². The Morgan fingerprint density at radius 2 is 2.09 bits per heavy atom. The lowest BCUT2D eigenvalue weighted by Crippen LogP contribution is -2.23. The number of nitrogens with one attached hydrogen (secondary N) is 2. The molecule has 0 aliphatic heterocycles. The predicted molar refractivity (Wildman–Crippen MR) is 93.1 cm³/mol. The zero-order chi connectivity index (χ0) is 15.9. The van der Waals surface area contributed by atoms with Crippen molar-refractivity contribution in [3.05, 3.63) is 53.1 Å². The molecule has 0 unspecified atom stereocenters. The van der Waals surface area contributed by atoms with Gasteiger partial charge in [-0.2, -0.15) is 5.10 Å². The Labute approximate surface area is 138 Å². The first kappa shape index (κ1) is 16.1. The van der Waals surface area contributed by atoms with E-state index in [4.69, 9.17) is 28.6 Å². The quantitative estimate of drug-likeness (QED) is 0.454. The molecule has 0 aliphatic carbocycles. The number of para-hydroxylation sites is 1. The minimum Gasteiger partial charge on any atom is -0.504 e. The van der Waals surface area contributed by atoms with Crippen LogP contribution in [0, 0.1) is 0 Å². The van der Waals surface area contributed by atoms with Gasteiger partial charge >= 0.3 is 0 Å². The standard InChI is InChI=1S/C15H14ClN3O2S/c1-21-13-7-2-4-10(14(13)20)9-17-19-15(22)18-12-6-3-5-11(16)8-12/h2-9,20H,1H3,(H2,18,19,22). The summed E-state index contributed by atoms with van der Waals surface area (Å²) in [4.78, 5) is 0. The fraction of sp³-hybridized carbons (Fsp3) is 0.0667. The van der Waals surface area contributed by atoms with Gasteiger partial charge in [0.15, 0.2) is 16.6 Å². The van der Waals surface area contributed by atoms with Crippen LogP contribution in [0.3, 0.4) is 0 Å². The number of halogens is 1. The molecule has 0 saturated carbocycles. The first-order chi connectivity index (χ1) is 10.6. The molecule has 0 amide bonds. The fourth-order valence-electron chi connectivity index (χ4n) is 1.69. The second-order valence-corrected chi connectivity index (χ2v) is 5.08. The number of hydrogen-bond donors (Lipinski definition) is 3. The third kappa shape index (κ3) is 4.34. The van der Waals surface area contributed by atoms with Gasteiger partial charge in [0, 0.05) is 16.3 Å². The van der Waals surface area contributed by atoms with E-state index in [9.17, 15) is 5.11 Å². The Morgan fingerprint density at radius 3 is 2.82 bits per heavy atom. The molecular weight excluding hydrogens is 322 g/mol. The molecule has 0 aliphatic rings. The minimum absolute atomic E-state index is 0.0178. The van der Waals surface area contributed by atoms with Gasteiger partial charge in [0.25, 0.3) is 0 Å². The number of hydrogen-bond acceptors (Lipinski definition) is 4. The van der Waals surface area contributed by atoms with Gasteiger partial charge in [-0.05, 0) is 42.5 Å². The molecule has 0 radical (unpaired) electrons. The van der Waals surface area contributed by atoms with Crippen LogP contribution in [0.5, 0.6) is 11.5 Å². The molecular formula is C15H14ClN3O2S. The number of benzene rings is 2. The van der Waals surface area contributed by atoms with Crippen LogP contribution < -0.4 is 15.5 Å². The normalized spacial score (nSPS) is 10.5. The van der Waals surface area contributed by atoms with E-state index >= 15 is 0 Å². The topological polar surface area (TPSA) is 65.9 Å². The SMILES string of the molecule is COc1cccc(C=NNC(=S)Nc2cccc(Cl)c2)c1O. The maximum atomic E-state index is 9.91. The first-order valence-electron chi connectivity index (χ1n) is 6.31. The van der Waals surface area contributed by atoms with Gasteiger partial charge in [0.05, 0.1) is 13.3 Å². The summed E-state index contributed by atoms with van der Waals surface area (Å²) in [7, 11) is 1.48. The number of ether oxygens (including phenoxy) is 1. The van der Waals surface area contributed by atoms with Gasteiger partial charge in [-0.3, -0.25) is 5.43 Å². The summed E-state index contributed by atoms with van der Waals surface area (Å²) in [6.45, 7) is 0. The lowest BCUT2D eigenvalue weighted by atomic mass is 10.2. The van der Waals surface area contributed by atoms with Crippen LogP contribution in [0.4, 0.5) is 5.69 Å². The Morgan fingerprint density at radius 1 is 1.32 bits per heavy atom. The molecule has 2 aromatic carbocycles. The Hall–Kier alpha value is -2.31. The van der Waals surface area contributed by atoms with Gasteiger partial charge in [0.1, 0.15) is 0 Å². The van der Waals surface area contributed by atoms with Gasteiger partial charge in [0.2, 0.25) is 0 Å². The molecule has 7 heteroatoms. The van der Waals surface area contributed by atoms with Crippen LogP contribution in [0.25, 0.3) is 0 Å². The Bertz CT molecular complexity index is 707. The monoisotopic (exact) mass is 335 g/mol. The highest BCUT2D eigenvalue weighted by molar-refractivity contribution is 7.80. The van der Waals surface area contributed by atoms with Gasteiger partial charge in [-0.1, -0.05) is 23.7 Å². The fourth-order valence-corrected chi connectivity index (χ4v) is 2.05. The Kier molecular flexibility index (Phi) is 5.57. The van der Waals surface area contributed by atoms with E-state index < -0.39 is 0 Å². The van der Waals surface area contributed by atoms with Crippen molar-refractivity contribution in [3.8, 4) is 11.5 Å². The third-order valence-corrected chi connectivity index (χ3v) is 3.13. The zero-order valence-corrected chi connectivity index (χ0v) is 13.3. The van der Waals surface area contributed by atoms with Crippen molar-refractivity contribution in [1.29, 1.82) is 0 Å². The van der Waals surface area contributed by atoms with Crippen molar-refractivity contribution < 1.29 is 9.84 Å². The van der Waals surface area contributed by atoms with Crippen LogP contribution in [-0.2, 0) is 0 Å². The summed E-state index contributed by atoms with van der Waals surface area (Å²) in [6.07, 6.45) is 1.45. The number of rotatable bonds is 4. The van der Waals surface area contributed by atoms with Crippen molar-refractivity contribution in [2.75, 3.05) is 12.4 Å². The molecule has 0 spiro atoms. The van der Waals surface area contributed by atoms with E-state index in [-0.39, 0.29) is 5.75 Å². The maximum absolute atomic E-state index is 9.91. The zero-order valence-electron chi connectivity index (χ0n) is 11.7.